The van der Waals surface area contributed by atoms with Gasteiger partial charge in [0.15, 0.2) is 6.17 Å². The van der Waals surface area contributed by atoms with Gasteiger partial charge < -0.3 is 0 Å². The Morgan fingerprint density at radius 3 is 1.82 bits per heavy atom. The SMILES string of the molecule is O=C=NCCC(F)CCCC(F)C(N=C=O)(N=C=O)N=C=O. The maximum absolute atomic E-state index is 14.0. The quantitative estimate of drug-likeness (QED) is 0.421. The zero-order valence-electron chi connectivity index (χ0n) is 11.4. The van der Waals surface area contributed by atoms with Gasteiger partial charge in [0.25, 0.3) is 0 Å². The summed E-state index contributed by atoms with van der Waals surface area (Å²) in [6.07, 6.45) is 0.216. The third-order valence-corrected chi connectivity index (χ3v) is 2.64. The summed E-state index contributed by atoms with van der Waals surface area (Å²) >= 11 is 0. The largest absolute Gasteiger partial charge is 0.308 e. The van der Waals surface area contributed by atoms with E-state index >= 15 is 0 Å². The summed E-state index contributed by atoms with van der Waals surface area (Å²) in [6, 6.07) is 0. The molecular weight excluding hydrogens is 302 g/mol. The van der Waals surface area contributed by atoms with E-state index in [1.165, 1.54) is 6.08 Å². The molecule has 0 aliphatic carbocycles. The molecule has 0 heterocycles. The average Bonchev–Trinajstić information content (AvgIpc) is 2.48. The number of isocyanates is 4. The van der Waals surface area contributed by atoms with Crippen LogP contribution in [0.25, 0.3) is 0 Å². The van der Waals surface area contributed by atoms with Gasteiger partial charge in [0, 0.05) is 0 Å². The van der Waals surface area contributed by atoms with Gasteiger partial charge in [-0.3, -0.25) is 0 Å². The van der Waals surface area contributed by atoms with Crippen LogP contribution in [0.2, 0.25) is 0 Å². The number of carbonyl (C=O) groups excluding carboxylic acids is 4. The van der Waals surface area contributed by atoms with Crippen LogP contribution in [0.1, 0.15) is 25.7 Å². The molecule has 0 saturated heterocycles. The maximum Gasteiger partial charge on any atom is 0.308 e. The van der Waals surface area contributed by atoms with Gasteiger partial charge in [0.05, 0.1) is 6.54 Å². The van der Waals surface area contributed by atoms with Crippen LogP contribution in [0.15, 0.2) is 20.0 Å². The van der Waals surface area contributed by atoms with Crippen molar-refractivity contribution in [1.82, 2.24) is 0 Å². The summed E-state index contributed by atoms with van der Waals surface area (Å²) < 4.78 is 27.4. The second kappa shape index (κ2) is 11.1. The van der Waals surface area contributed by atoms with Crippen LogP contribution >= 0.6 is 0 Å². The van der Waals surface area contributed by atoms with Crippen molar-refractivity contribution < 1.29 is 28.0 Å². The molecule has 0 aromatic carbocycles. The van der Waals surface area contributed by atoms with Crippen molar-refractivity contribution in [2.24, 2.45) is 20.0 Å². The van der Waals surface area contributed by atoms with Crippen molar-refractivity contribution in [3.8, 4) is 0 Å². The zero-order valence-corrected chi connectivity index (χ0v) is 11.4. The smallest absolute Gasteiger partial charge is 0.247 e. The van der Waals surface area contributed by atoms with E-state index in [9.17, 15) is 28.0 Å². The number of nitrogens with zero attached hydrogens (tertiary/aromatic N) is 4. The number of halogens is 2. The van der Waals surface area contributed by atoms with E-state index in [-0.39, 0.29) is 32.2 Å². The Kier molecular flexibility index (Phi) is 9.76. The van der Waals surface area contributed by atoms with Gasteiger partial charge in [-0.2, -0.15) is 0 Å². The highest BCUT2D eigenvalue weighted by molar-refractivity contribution is 5.43. The first-order chi connectivity index (χ1) is 10.6. The lowest BCUT2D eigenvalue weighted by Gasteiger charge is -2.19. The monoisotopic (exact) mass is 314 g/mol. The second-order valence-electron chi connectivity index (χ2n) is 4.05. The predicted octanol–water partition coefficient (Wildman–Crippen LogP) is 1.22. The first kappa shape index (κ1) is 19.4. The van der Waals surface area contributed by atoms with E-state index in [0.717, 1.165) is 18.2 Å². The molecule has 0 N–H and O–H groups in total. The van der Waals surface area contributed by atoms with Gasteiger partial charge in [-0.15, -0.1) is 15.0 Å². The minimum Gasteiger partial charge on any atom is -0.247 e. The maximum atomic E-state index is 14.0. The molecule has 0 rings (SSSR count). The van der Waals surface area contributed by atoms with Crippen LogP contribution in [0.4, 0.5) is 8.78 Å². The van der Waals surface area contributed by atoms with Crippen LogP contribution in [-0.4, -0.2) is 49.0 Å². The van der Waals surface area contributed by atoms with Gasteiger partial charge in [-0.25, -0.2) is 33.0 Å². The summed E-state index contributed by atoms with van der Waals surface area (Å²) in [5.74, 6) is -2.61. The third-order valence-electron chi connectivity index (χ3n) is 2.64. The summed E-state index contributed by atoms with van der Waals surface area (Å²) in [5.41, 5.74) is 0. The van der Waals surface area contributed by atoms with Crippen molar-refractivity contribution in [2.75, 3.05) is 6.54 Å². The summed E-state index contributed by atoms with van der Waals surface area (Å²) in [4.78, 5) is 52.5. The van der Waals surface area contributed by atoms with Gasteiger partial charge in [-0.1, -0.05) is 0 Å². The minimum absolute atomic E-state index is 0.00792. The van der Waals surface area contributed by atoms with Crippen LogP contribution in [-0.2, 0) is 19.2 Å². The number of aliphatic imine (C=N–C) groups is 4. The topological polar surface area (TPSA) is 118 Å². The first-order valence-corrected chi connectivity index (χ1v) is 6.15. The molecule has 0 radical (unpaired) electrons. The Morgan fingerprint density at radius 1 is 0.818 bits per heavy atom. The van der Waals surface area contributed by atoms with Crippen molar-refractivity contribution in [2.45, 2.75) is 43.8 Å². The number of alkyl halides is 2. The molecule has 0 aliphatic rings. The Bertz CT molecular complexity index is 500. The van der Waals surface area contributed by atoms with Crippen molar-refractivity contribution in [3.63, 3.8) is 0 Å². The number of rotatable bonds is 11. The molecular formula is C12H12F2N4O4. The zero-order chi connectivity index (χ0) is 16.8. The molecule has 0 fully saturated rings. The Morgan fingerprint density at radius 2 is 1.36 bits per heavy atom. The fourth-order valence-electron chi connectivity index (χ4n) is 1.59. The summed E-state index contributed by atoms with van der Waals surface area (Å²) in [7, 11) is 0. The van der Waals surface area contributed by atoms with E-state index in [1.807, 2.05) is 0 Å². The average molecular weight is 314 g/mol. The molecule has 8 nitrogen and oxygen atoms in total. The first-order valence-electron chi connectivity index (χ1n) is 6.15. The van der Waals surface area contributed by atoms with Crippen LogP contribution in [0.5, 0.6) is 0 Å². The minimum atomic E-state index is -2.61. The highest BCUT2D eigenvalue weighted by Crippen LogP contribution is 2.26. The van der Waals surface area contributed by atoms with Gasteiger partial charge in [0.2, 0.25) is 24.3 Å². The molecule has 22 heavy (non-hydrogen) atoms. The summed E-state index contributed by atoms with van der Waals surface area (Å²) in [6.45, 7) is -0.0338. The predicted molar refractivity (Wildman–Crippen MR) is 68.3 cm³/mol. The molecule has 0 aliphatic heterocycles. The number of hydrogen-bond donors (Lipinski definition) is 0. The van der Waals surface area contributed by atoms with E-state index in [4.69, 9.17) is 0 Å². The van der Waals surface area contributed by atoms with E-state index < -0.39 is 18.1 Å². The van der Waals surface area contributed by atoms with Crippen LogP contribution in [0.3, 0.4) is 0 Å². The Balaban J connectivity index is 4.67. The summed E-state index contributed by atoms with van der Waals surface area (Å²) in [5, 5.41) is 0. The van der Waals surface area contributed by atoms with Crippen LogP contribution in [0, 0.1) is 0 Å². The third kappa shape index (κ3) is 6.70. The van der Waals surface area contributed by atoms with Crippen molar-refractivity contribution in [1.29, 1.82) is 0 Å². The van der Waals surface area contributed by atoms with Crippen molar-refractivity contribution in [3.05, 3.63) is 0 Å². The fraction of sp³-hybridized carbons (Fsp3) is 0.667. The van der Waals surface area contributed by atoms with Crippen LogP contribution < -0.4 is 0 Å². The normalized spacial score (nSPS) is 14.8. The molecule has 10 heteroatoms. The molecule has 0 spiro atoms. The lowest BCUT2D eigenvalue weighted by atomic mass is 10.0. The molecule has 2 atom stereocenters. The van der Waals surface area contributed by atoms with E-state index in [0.29, 0.717) is 0 Å². The lowest BCUT2D eigenvalue weighted by Crippen LogP contribution is -2.34. The van der Waals surface area contributed by atoms with E-state index in [2.05, 4.69) is 20.0 Å². The highest BCUT2D eigenvalue weighted by atomic mass is 19.1. The standard InChI is InChI=1S/C12H12F2N4O4/c13-10(4-5-15-6-19)2-1-3-11(14)12(16-7-20,17-8-21)18-9-22/h10-11H,1-5H2. The molecule has 0 saturated carbocycles. The highest BCUT2D eigenvalue weighted by Gasteiger charge is 2.40. The molecule has 118 valence electrons. The van der Waals surface area contributed by atoms with Gasteiger partial charge in [0.1, 0.15) is 6.17 Å². The molecule has 0 aromatic heterocycles. The molecule has 0 amide bonds. The Labute approximate surface area is 123 Å². The molecule has 2 unspecified atom stereocenters. The molecule has 0 bridgehead atoms. The Hall–Kier alpha value is -2.62. The lowest BCUT2D eigenvalue weighted by molar-refractivity contribution is 0.179. The fourth-order valence-corrected chi connectivity index (χ4v) is 1.59. The van der Waals surface area contributed by atoms with Gasteiger partial charge >= 0.3 is 5.79 Å². The van der Waals surface area contributed by atoms with Crippen molar-refractivity contribution >= 4 is 24.3 Å². The second-order valence-corrected chi connectivity index (χ2v) is 4.05. The number of hydrogen-bond acceptors (Lipinski definition) is 8. The molecule has 0 aromatic rings. The van der Waals surface area contributed by atoms with Gasteiger partial charge in [-0.05, 0) is 25.7 Å². The van der Waals surface area contributed by atoms with E-state index in [1.54, 1.807) is 0 Å².